The molecule has 16 heavy (non-hydrogen) atoms. The van der Waals surface area contributed by atoms with Crippen molar-refractivity contribution in [2.24, 2.45) is 5.73 Å². The molecule has 0 saturated heterocycles. The molecule has 5 heteroatoms. The number of carbonyl (C=O) groups excluding carboxylic acids is 1. The summed E-state index contributed by atoms with van der Waals surface area (Å²) in [6.45, 7) is 1.99. The highest BCUT2D eigenvalue weighted by Gasteiger charge is 2.26. The molecule has 1 aromatic carbocycles. The lowest BCUT2D eigenvalue weighted by Gasteiger charge is -2.31. The Labute approximate surface area is 93.7 Å². The molecule has 0 aliphatic carbocycles. The van der Waals surface area contributed by atoms with E-state index < -0.39 is 5.79 Å². The van der Waals surface area contributed by atoms with Crippen molar-refractivity contribution in [1.82, 2.24) is 10.6 Å². The van der Waals surface area contributed by atoms with E-state index in [1.54, 1.807) is 6.08 Å². The van der Waals surface area contributed by atoms with Crippen LogP contribution in [0.4, 0.5) is 10.5 Å². The highest BCUT2D eigenvalue weighted by Crippen LogP contribution is 2.14. The second kappa shape index (κ2) is 3.86. The van der Waals surface area contributed by atoms with E-state index in [1.165, 1.54) is 6.20 Å². The number of benzene rings is 1. The molecule has 1 atom stereocenters. The molecule has 1 unspecified atom stereocenters. The minimum atomic E-state index is -1.05. The van der Waals surface area contributed by atoms with Gasteiger partial charge in [0.2, 0.25) is 0 Å². The molecule has 1 aliphatic heterocycles. The highest BCUT2D eigenvalue weighted by atomic mass is 16.2. The van der Waals surface area contributed by atoms with Crippen molar-refractivity contribution in [1.29, 1.82) is 0 Å². The van der Waals surface area contributed by atoms with Crippen LogP contribution in [0.2, 0.25) is 0 Å². The molecule has 2 amide bonds. The largest absolute Gasteiger partial charge is 0.347 e. The smallest absolute Gasteiger partial charge is 0.321 e. The number of nitrogens with two attached hydrogens (primary N) is 1. The number of anilines is 1. The van der Waals surface area contributed by atoms with Crippen LogP contribution in [0.1, 0.15) is 5.56 Å². The van der Waals surface area contributed by atoms with Crippen molar-refractivity contribution in [2.45, 2.75) is 12.7 Å². The summed E-state index contributed by atoms with van der Waals surface area (Å²) in [5.74, 6) is -1.05. The fraction of sp³-hybridized carbons (Fsp3) is 0.182. The number of amides is 2. The third-order valence-electron chi connectivity index (χ3n) is 2.25. The average molecular weight is 218 g/mol. The zero-order valence-electron chi connectivity index (χ0n) is 8.95. The summed E-state index contributed by atoms with van der Waals surface area (Å²) in [5.41, 5.74) is 7.94. The Morgan fingerprint density at radius 1 is 1.44 bits per heavy atom. The number of nitrogens with one attached hydrogen (secondary N) is 3. The van der Waals surface area contributed by atoms with E-state index in [9.17, 15) is 4.79 Å². The van der Waals surface area contributed by atoms with Gasteiger partial charge in [-0.05, 0) is 30.7 Å². The number of aryl methyl sites for hydroxylation is 1. The first-order valence-electron chi connectivity index (χ1n) is 4.97. The lowest BCUT2D eigenvalue weighted by Crippen LogP contribution is -2.64. The SMILES string of the molecule is Cc1cccc(NC2(N)C=CNC(=O)N2)c1. The fourth-order valence-electron chi connectivity index (χ4n) is 1.55. The molecule has 5 N–H and O–H groups in total. The maximum absolute atomic E-state index is 11.1. The zero-order chi connectivity index (χ0) is 11.6. The quantitative estimate of drug-likeness (QED) is 0.555. The van der Waals surface area contributed by atoms with Crippen LogP contribution in [0, 0.1) is 6.92 Å². The van der Waals surface area contributed by atoms with Gasteiger partial charge in [0.1, 0.15) is 0 Å². The lowest BCUT2D eigenvalue weighted by atomic mass is 10.2. The van der Waals surface area contributed by atoms with E-state index in [-0.39, 0.29) is 6.03 Å². The first-order chi connectivity index (χ1) is 7.57. The van der Waals surface area contributed by atoms with Gasteiger partial charge < -0.3 is 10.6 Å². The Bertz CT molecular complexity index is 443. The molecule has 2 rings (SSSR count). The van der Waals surface area contributed by atoms with Gasteiger partial charge in [0.05, 0.1) is 0 Å². The summed E-state index contributed by atoms with van der Waals surface area (Å²) in [7, 11) is 0. The Morgan fingerprint density at radius 3 is 2.94 bits per heavy atom. The molecular weight excluding hydrogens is 204 g/mol. The van der Waals surface area contributed by atoms with Crippen molar-refractivity contribution in [3.8, 4) is 0 Å². The van der Waals surface area contributed by atoms with Crippen molar-refractivity contribution in [3.05, 3.63) is 42.1 Å². The van der Waals surface area contributed by atoms with E-state index in [2.05, 4.69) is 16.0 Å². The molecule has 1 heterocycles. The lowest BCUT2D eigenvalue weighted by molar-refractivity contribution is 0.235. The summed E-state index contributed by atoms with van der Waals surface area (Å²) in [6.07, 6.45) is 3.17. The molecule has 0 spiro atoms. The van der Waals surface area contributed by atoms with Crippen molar-refractivity contribution in [2.75, 3.05) is 5.32 Å². The number of hydrogen-bond acceptors (Lipinski definition) is 3. The van der Waals surface area contributed by atoms with E-state index >= 15 is 0 Å². The van der Waals surface area contributed by atoms with E-state index in [4.69, 9.17) is 5.73 Å². The van der Waals surface area contributed by atoms with Crippen LogP contribution in [0.25, 0.3) is 0 Å². The predicted molar refractivity (Wildman–Crippen MR) is 62.5 cm³/mol. The van der Waals surface area contributed by atoms with Gasteiger partial charge >= 0.3 is 6.03 Å². The maximum atomic E-state index is 11.1. The van der Waals surface area contributed by atoms with Crippen molar-refractivity contribution in [3.63, 3.8) is 0 Å². The number of hydrogen-bond donors (Lipinski definition) is 4. The molecule has 0 fully saturated rings. The molecule has 1 aliphatic rings. The Kier molecular flexibility index (Phi) is 2.54. The second-order valence-corrected chi connectivity index (χ2v) is 3.80. The van der Waals surface area contributed by atoms with Crippen LogP contribution < -0.4 is 21.7 Å². The monoisotopic (exact) mass is 218 g/mol. The van der Waals surface area contributed by atoms with Gasteiger partial charge in [-0.2, -0.15) is 0 Å². The van der Waals surface area contributed by atoms with Crippen LogP contribution >= 0.6 is 0 Å². The molecule has 84 valence electrons. The topological polar surface area (TPSA) is 79.2 Å². The Balaban J connectivity index is 2.17. The normalized spacial score (nSPS) is 23.5. The molecular formula is C11H14N4O. The number of urea groups is 1. The van der Waals surface area contributed by atoms with E-state index in [0.29, 0.717) is 0 Å². The van der Waals surface area contributed by atoms with Gasteiger partial charge in [0.15, 0.2) is 5.79 Å². The minimum Gasteiger partial charge on any atom is -0.347 e. The van der Waals surface area contributed by atoms with Crippen LogP contribution in [0.15, 0.2) is 36.5 Å². The van der Waals surface area contributed by atoms with Crippen LogP contribution in [0.5, 0.6) is 0 Å². The molecule has 0 aromatic heterocycles. The van der Waals surface area contributed by atoms with Gasteiger partial charge in [-0.1, -0.05) is 12.1 Å². The Hall–Kier alpha value is -2.01. The van der Waals surface area contributed by atoms with Crippen molar-refractivity contribution >= 4 is 11.7 Å². The van der Waals surface area contributed by atoms with Crippen LogP contribution in [-0.2, 0) is 0 Å². The maximum Gasteiger partial charge on any atom is 0.321 e. The van der Waals surface area contributed by atoms with Gasteiger partial charge in [0, 0.05) is 11.9 Å². The van der Waals surface area contributed by atoms with E-state index in [0.717, 1.165) is 11.3 Å². The Morgan fingerprint density at radius 2 is 2.25 bits per heavy atom. The summed E-state index contributed by atoms with van der Waals surface area (Å²) in [5, 5.41) is 8.12. The predicted octanol–water partition coefficient (Wildman–Crippen LogP) is 0.846. The summed E-state index contributed by atoms with van der Waals surface area (Å²) in [4.78, 5) is 11.1. The minimum absolute atomic E-state index is 0.329. The number of rotatable bonds is 2. The van der Waals surface area contributed by atoms with Crippen LogP contribution in [-0.4, -0.2) is 11.8 Å². The third-order valence-corrected chi connectivity index (χ3v) is 2.25. The molecule has 0 bridgehead atoms. The number of carbonyl (C=O) groups is 1. The van der Waals surface area contributed by atoms with Gasteiger partial charge in [-0.3, -0.25) is 11.1 Å². The summed E-state index contributed by atoms with van der Waals surface area (Å²) in [6, 6.07) is 7.43. The molecule has 5 nitrogen and oxygen atoms in total. The molecule has 0 radical (unpaired) electrons. The first kappa shape index (κ1) is 10.5. The third kappa shape index (κ3) is 2.32. The fourth-order valence-corrected chi connectivity index (χ4v) is 1.55. The van der Waals surface area contributed by atoms with Gasteiger partial charge in [0.25, 0.3) is 0 Å². The second-order valence-electron chi connectivity index (χ2n) is 3.80. The van der Waals surface area contributed by atoms with Crippen molar-refractivity contribution < 1.29 is 4.79 Å². The average Bonchev–Trinajstić information content (AvgIpc) is 2.16. The first-order valence-corrected chi connectivity index (χ1v) is 4.97. The summed E-state index contributed by atoms with van der Waals surface area (Å²) < 4.78 is 0. The van der Waals surface area contributed by atoms with Gasteiger partial charge in [-0.15, -0.1) is 0 Å². The highest BCUT2D eigenvalue weighted by molar-refractivity contribution is 5.78. The zero-order valence-corrected chi connectivity index (χ0v) is 8.95. The molecule has 0 saturated carbocycles. The van der Waals surface area contributed by atoms with E-state index in [1.807, 2.05) is 31.2 Å². The summed E-state index contributed by atoms with van der Waals surface area (Å²) >= 11 is 0. The standard InChI is InChI=1S/C11H14N4O/c1-8-3-2-4-9(7-8)14-11(12)5-6-13-10(16)15-11/h2-7,14H,12H2,1H3,(H2,13,15,16). The van der Waals surface area contributed by atoms with Gasteiger partial charge in [-0.25, -0.2) is 4.79 Å². The molecule has 1 aromatic rings. The van der Waals surface area contributed by atoms with Crippen LogP contribution in [0.3, 0.4) is 0 Å².